The molecule has 1 saturated heterocycles. The van der Waals surface area contributed by atoms with Crippen LogP contribution in [0.3, 0.4) is 0 Å². The molecule has 0 amide bonds. The van der Waals surface area contributed by atoms with Crippen LogP contribution in [0.25, 0.3) is 11.0 Å². The first-order chi connectivity index (χ1) is 11.5. The first kappa shape index (κ1) is 17.4. The molecule has 0 radical (unpaired) electrons. The molecule has 0 spiro atoms. The van der Waals surface area contributed by atoms with Crippen molar-refractivity contribution in [2.24, 2.45) is 5.92 Å². The average molecular weight is 331 g/mol. The molecule has 2 atom stereocenters. The summed E-state index contributed by atoms with van der Waals surface area (Å²) >= 11 is 0. The highest BCUT2D eigenvalue weighted by atomic mass is 16.5. The topological polar surface area (TPSA) is 59.3 Å². The molecule has 2 unspecified atom stereocenters. The number of ether oxygens (including phenoxy) is 1. The van der Waals surface area contributed by atoms with Crippen molar-refractivity contribution in [3.63, 3.8) is 0 Å². The van der Waals surface area contributed by atoms with Gasteiger partial charge >= 0.3 is 0 Å². The Morgan fingerprint density at radius 3 is 2.75 bits per heavy atom. The zero-order chi connectivity index (χ0) is 17.1. The molecule has 132 valence electrons. The summed E-state index contributed by atoms with van der Waals surface area (Å²) in [5.41, 5.74) is 4.59. The second kappa shape index (κ2) is 7.64. The highest BCUT2D eigenvalue weighted by molar-refractivity contribution is 5.77. The molecule has 0 aliphatic carbocycles. The van der Waals surface area contributed by atoms with Crippen LogP contribution in [0.5, 0.6) is 0 Å². The number of nitrogens with zero attached hydrogens (tertiary/aromatic N) is 2. The summed E-state index contributed by atoms with van der Waals surface area (Å²) in [6.07, 6.45) is 3.62. The number of fused-ring (bicyclic) bond motifs is 1. The SMILES string of the molecule is Cc1cc2ncn(CC(O)CNC(C)C3CCOCC3)c2cc1C. The summed E-state index contributed by atoms with van der Waals surface area (Å²) in [7, 11) is 0. The summed E-state index contributed by atoms with van der Waals surface area (Å²) in [6.45, 7) is 9.30. The van der Waals surface area contributed by atoms with Crippen molar-refractivity contribution in [2.45, 2.75) is 52.3 Å². The fourth-order valence-corrected chi connectivity index (χ4v) is 3.45. The molecule has 1 aromatic heterocycles. The van der Waals surface area contributed by atoms with E-state index in [1.54, 1.807) is 0 Å². The standard InChI is InChI=1S/C19H29N3O2/c1-13-8-18-19(9-14(13)2)22(12-21-18)11-17(23)10-20-15(3)16-4-6-24-7-5-16/h8-9,12,15-17,20,23H,4-7,10-11H2,1-3H3. The summed E-state index contributed by atoms with van der Waals surface area (Å²) in [5.74, 6) is 0.644. The molecule has 2 aromatic rings. The lowest BCUT2D eigenvalue weighted by molar-refractivity contribution is 0.0532. The maximum Gasteiger partial charge on any atom is 0.0959 e. The minimum Gasteiger partial charge on any atom is -0.390 e. The molecule has 2 N–H and O–H groups in total. The summed E-state index contributed by atoms with van der Waals surface area (Å²) in [6, 6.07) is 4.68. The molecule has 24 heavy (non-hydrogen) atoms. The number of imidazole rings is 1. The predicted octanol–water partition coefficient (Wildman–Crippen LogP) is 2.42. The van der Waals surface area contributed by atoms with Crippen LogP contribution in [-0.2, 0) is 11.3 Å². The second-order valence-electron chi connectivity index (χ2n) is 7.12. The van der Waals surface area contributed by atoms with Gasteiger partial charge in [-0.25, -0.2) is 4.98 Å². The highest BCUT2D eigenvalue weighted by Gasteiger charge is 2.21. The van der Waals surface area contributed by atoms with Gasteiger partial charge in [0.2, 0.25) is 0 Å². The fraction of sp³-hybridized carbons (Fsp3) is 0.632. The van der Waals surface area contributed by atoms with E-state index in [1.165, 1.54) is 11.1 Å². The normalized spacial score (nSPS) is 18.8. The molecule has 0 saturated carbocycles. The van der Waals surface area contributed by atoms with E-state index in [-0.39, 0.29) is 0 Å². The molecular weight excluding hydrogens is 302 g/mol. The predicted molar refractivity (Wildman–Crippen MR) is 96.2 cm³/mol. The van der Waals surface area contributed by atoms with Crippen LogP contribution in [0, 0.1) is 19.8 Å². The third-order valence-electron chi connectivity index (χ3n) is 5.29. The van der Waals surface area contributed by atoms with Crippen LogP contribution in [-0.4, -0.2) is 46.6 Å². The molecule has 0 bridgehead atoms. The number of aryl methyl sites for hydroxylation is 2. The average Bonchev–Trinajstić information content (AvgIpc) is 2.95. The van der Waals surface area contributed by atoms with Crippen LogP contribution in [0.1, 0.15) is 30.9 Å². The monoisotopic (exact) mass is 331 g/mol. The molecule has 2 heterocycles. The minimum atomic E-state index is -0.425. The van der Waals surface area contributed by atoms with Gasteiger partial charge in [0.05, 0.1) is 30.0 Å². The lowest BCUT2D eigenvalue weighted by atomic mass is 9.93. The maximum absolute atomic E-state index is 10.4. The van der Waals surface area contributed by atoms with Crippen molar-refractivity contribution in [1.82, 2.24) is 14.9 Å². The molecule has 3 rings (SSSR count). The Balaban J connectivity index is 1.56. The summed E-state index contributed by atoms with van der Waals surface area (Å²) < 4.78 is 7.47. The number of rotatable bonds is 6. The van der Waals surface area contributed by atoms with Gasteiger partial charge in [0, 0.05) is 25.8 Å². The Kier molecular flexibility index (Phi) is 5.54. The van der Waals surface area contributed by atoms with Crippen molar-refractivity contribution in [1.29, 1.82) is 0 Å². The third kappa shape index (κ3) is 3.97. The van der Waals surface area contributed by atoms with Crippen molar-refractivity contribution in [3.8, 4) is 0 Å². The lowest BCUT2D eigenvalue weighted by Crippen LogP contribution is -2.41. The second-order valence-corrected chi connectivity index (χ2v) is 7.12. The van der Waals surface area contributed by atoms with E-state index < -0.39 is 6.10 Å². The molecular formula is C19H29N3O2. The smallest absolute Gasteiger partial charge is 0.0959 e. The van der Waals surface area contributed by atoms with Gasteiger partial charge < -0.3 is 19.7 Å². The molecule has 1 aliphatic rings. The number of benzene rings is 1. The number of hydrogen-bond acceptors (Lipinski definition) is 4. The first-order valence-corrected chi connectivity index (χ1v) is 8.96. The quantitative estimate of drug-likeness (QED) is 0.853. The van der Waals surface area contributed by atoms with Gasteiger partial charge in [-0.15, -0.1) is 0 Å². The maximum atomic E-state index is 10.4. The molecule has 1 aromatic carbocycles. The highest BCUT2D eigenvalue weighted by Crippen LogP contribution is 2.20. The minimum absolute atomic E-state index is 0.410. The van der Waals surface area contributed by atoms with E-state index in [0.29, 0.717) is 25.0 Å². The Morgan fingerprint density at radius 1 is 1.29 bits per heavy atom. The van der Waals surface area contributed by atoms with Crippen LogP contribution in [0.15, 0.2) is 18.5 Å². The van der Waals surface area contributed by atoms with E-state index in [4.69, 9.17) is 4.74 Å². The van der Waals surface area contributed by atoms with Crippen LogP contribution >= 0.6 is 0 Å². The lowest BCUT2D eigenvalue weighted by Gasteiger charge is -2.29. The van der Waals surface area contributed by atoms with Gasteiger partial charge in [-0.1, -0.05) is 0 Å². The van der Waals surface area contributed by atoms with Gasteiger partial charge in [-0.2, -0.15) is 0 Å². The van der Waals surface area contributed by atoms with E-state index in [9.17, 15) is 5.11 Å². The van der Waals surface area contributed by atoms with Gasteiger partial charge in [0.1, 0.15) is 0 Å². The molecule has 5 heteroatoms. The largest absolute Gasteiger partial charge is 0.390 e. The van der Waals surface area contributed by atoms with E-state index in [1.807, 2.05) is 10.9 Å². The van der Waals surface area contributed by atoms with Crippen molar-refractivity contribution in [2.75, 3.05) is 19.8 Å². The van der Waals surface area contributed by atoms with E-state index in [0.717, 1.165) is 37.1 Å². The fourth-order valence-electron chi connectivity index (χ4n) is 3.45. The number of aliphatic hydroxyl groups is 1. The van der Waals surface area contributed by atoms with Gasteiger partial charge in [0.25, 0.3) is 0 Å². The molecule has 1 aliphatic heterocycles. The van der Waals surface area contributed by atoms with Gasteiger partial charge in [-0.3, -0.25) is 0 Å². The summed E-state index contributed by atoms with van der Waals surface area (Å²) in [4.78, 5) is 4.46. The van der Waals surface area contributed by atoms with E-state index in [2.05, 4.69) is 43.2 Å². The number of aliphatic hydroxyl groups excluding tert-OH is 1. The zero-order valence-electron chi connectivity index (χ0n) is 15.0. The van der Waals surface area contributed by atoms with Crippen LogP contribution < -0.4 is 5.32 Å². The van der Waals surface area contributed by atoms with Gasteiger partial charge in [-0.05, 0) is 62.8 Å². The Labute approximate surface area is 144 Å². The Bertz CT molecular complexity index is 677. The molecule has 1 fully saturated rings. The third-order valence-corrected chi connectivity index (χ3v) is 5.29. The Hall–Kier alpha value is -1.43. The molecule has 5 nitrogen and oxygen atoms in total. The van der Waals surface area contributed by atoms with Crippen LogP contribution in [0.4, 0.5) is 0 Å². The van der Waals surface area contributed by atoms with Crippen LogP contribution in [0.2, 0.25) is 0 Å². The zero-order valence-corrected chi connectivity index (χ0v) is 15.0. The van der Waals surface area contributed by atoms with Crippen molar-refractivity contribution in [3.05, 3.63) is 29.6 Å². The van der Waals surface area contributed by atoms with Crippen molar-refractivity contribution >= 4 is 11.0 Å². The number of aromatic nitrogens is 2. The number of hydrogen-bond donors (Lipinski definition) is 2. The first-order valence-electron chi connectivity index (χ1n) is 8.96. The summed E-state index contributed by atoms with van der Waals surface area (Å²) in [5, 5.41) is 13.9. The van der Waals surface area contributed by atoms with Crippen molar-refractivity contribution < 1.29 is 9.84 Å². The Morgan fingerprint density at radius 2 is 2.00 bits per heavy atom. The van der Waals surface area contributed by atoms with E-state index >= 15 is 0 Å². The number of nitrogens with one attached hydrogen (secondary N) is 1. The van der Waals surface area contributed by atoms with Gasteiger partial charge in [0.15, 0.2) is 0 Å².